The number of carbonyl (C=O) groups excluding carboxylic acids is 1. The predicted octanol–water partition coefficient (Wildman–Crippen LogP) is 3.07. The third-order valence-electron chi connectivity index (χ3n) is 3.01. The maximum atomic E-state index is 11.8. The molecule has 1 aromatic carbocycles. The molecule has 22 heavy (non-hydrogen) atoms. The first-order valence-electron chi connectivity index (χ1n) is 6.79. The van der Waals surface area contributed by atoms with Gasteiger partial charge in [-0.05, 0) is 19.1 Å². The molecule has 2 aromatic heterocycles. The van der Waals surface area contributed by atoms with Crippen molar-refractivity contribution in [2.24, 2.45) is 0 Å². The van der Waals surface area contributed by atoms with Crippen molar-refractivity contribution >= 4 is 22.4 Å². The molecule has 0 fully saturated rings. The van der Waals surface area contributed by atoms with Crippen LogP contribution in [0.2, 0.25) is 0 Å². The monoisotopic (exact) mass is 314 g/mol. The molecule has 6 nitrogen and oxygen atoms in total. The van der Waals surface area contributed by atoms with Gasteiger partial charge in [-0.2, -0.15) is 0 Å². The van der Waals surface area contributed by atoms with E-state index in [1.807, 2.05) is 36.6 Å². The number of thiazole rings is 1. The Morgan fingerprint density at radius 1 is 1.27 bits per heavy atom. The van der Waals surface area contributed by atoms with Crippen molar-refractivity contribution in [3.05, 3.63) is 47.3 Å². The van der Waals surface area contributed by atoms with Gasteiger partial charge in [0.25, 0.3) is 0 Å². The van der Waals surface area contributed by atoms with Gasteiger partial charge in [0.05, 0.1) is 0 Å². The summed E-state index contributed by atoms with van der Waals surface area (Å²) in [5.74, 6) is 0.797. The first-order chi connectivity index (χ1) is 10.7. The lowest BCUT2D eigenvalue weighted by Gasteiger charge is -1.99. The molecule has 0 unspecified atom stereocenters. The minimum atomic E-state index is -0.120. The van der Waals surface area contributed by atoms with Crippen LogP contribution in [0.1, 0.15) is 17.9 Å². The summed E-state index contributed by atoms with van der Waals surface area (Å²) in [5, 5.41) is 13.1. The second-order valence-corrected chi connectivity index (χ2v) is 5.65. The van der Waals surface area contributed by atoms with Gasteiger partial charge < -0.3 is 9.73 Å². The van der Waals surface area contributed by atoms with Crippen LogP contribution in [0.4, 0.5) is 5.13 Å². The molecule has 0 aliphatic carbocycles. The fourth-order valence-corrected chi connectivity index (χ4v) is 2.40. The fourth-order valence-electron chi connectivity index (χ4n) is 1.85. The molecular weight excluding hydrogens is 300 g/mol. The van der Waals surface area contributed by atoms with Gasteiger partial charge in [0.15, 0.2) is 5.13 Å². The molecule has 0 aliphatic rings. The van der Waals surface area contributed by atoms with Crippen molar-refractivity contribution in [2.45, 2.75) is 19.8 Å². The molecule has 7 heteroatoms. The van der Waals surface area contributed by atoms with Gasteiger partial charge in [-0.1, -0.05) is 17.7 Å². The Balaban J connectivity index is 1.57. The summed E-state index contributed by atoms with van der Waals surface area (Å²) < 4.78 is 5.58. The van der Waals surface area contributed by atoms with Crippen LogP contribution in [0.5, 0.6) is 0 Å². The highest BCUT2D eigenvalue weighted by atomic mass is 32.1. The predicted molar refractivity (Wildman–Crippen MR) is 83.5 cm³/mol. The lowest BCUT2D eigenvalue weighted by Crippen LogP contribution is -2.12. The van der Waals surface area contributed by atoms with Gasteiger partial charge >= 0.3 is 0 Å². The van der Waals surface area contributed by atoms with Crippen LogP contribution in [-0.2, 0) is 11.2 Å². The minimum Gasteiger partial charge on any atom is -0.421 e. The SMILES string of the molecule is Cc1ccc(-c2nnc(CCC(=O)Nc3nccs3)o2)cc1. The highest BCUT2D eigenvalue weighted by Crippen LogP contribution is 2.19. The van der Waals surface area contributed by atoms with E-state index in [1.165, 1.54) is 16.9 Å². The highest BCUT2D eigenvalue weighted by molar-refractivity contribution is 7.13. The van der Waals surface area contributed by atoms with Crippen LogP contribution in [0.3, 0.4) is 0 Å². The number of amides is 1. The first-order valence-corrected chi connectivity index (χ1v) is 7.67. The van der Waals surface area contributed by atoms with Crippen molar-refractivity contribution in [1.82, 2.24) is 15.2 Å². The van der Waals surface area contributed by atoms with Gasteiger partial charge in [0.2, 0.25) is 17.7 Å². The maximum absolute atomic E-state index is 11.8. The van der Waals surface area contributed by atoms with E-state index in [2.05, 4.69) is 20.5 Å². The van der Waals surface area contributed by atoms with Crippen molar-refractivity contribution < 1.29 is 9.21 Å². The third-order valence-corrected chi connectivity index (χ3v) is 3.70. The Morgan fingerprint density at radius 2 is 2.09 bits per heavy atom. The van der Waals surface area contributed by atoms with Crippen molar-refractivity contribution in [3.63, 3.8) is 0 Å². The fraction of sp³-hybridized carbons (Fsp3) is 0.200. The van der Waals surface area contributed by atoms with Gasteiger partial charge in [-0.3, -0.25) is 4.79 Å². The van der Waals surface area contributed by atoms with E-state index in [1.54, 1.807) is 6.20 Å². The third kappa shape index (κ3) is 3.56. The Morgan fingerprint density at radius 3 is 2.82 bits per heavy atom. The molecule has 0 radical (unpaired) electrons. The minimum absolute atomic E-state index is 0.120. The smallest absolute Gasteiger partial charge is 0.247 e. The highest BCUT2D eigenvalue weighted by Gasteiger charge is 2.11. The molecule has 112 valence electrons. The first kappa shape index (κ1) is 14.4. The quantitative estimate of drug-likeness (QED) is 0.782. The van der Waals surface area contributed by atoms with E-state index >= 15 is 0 Å². The van der Waals surface area contributed by atoms with E-state index < -0.39 is 0 Å². The summed E-state index contributed by atoms with van der Waals surface area (Å²) in [4.78, 5) is 15.8. The van der Waals surface area contributed by atoms with Crippen LogP contribution in [0.15, 0.2) is 40.3 Å². The molecule has 1 N–H and O–H groups in total. The number of benzene rings is 1. The van der Waals surface area contributed by atoms with Crippen molar-refractivity contribution in [1.29, 1.82) is 0 Å². The molecule has 3 rings (SSSR count). The zero-order chi connectivity index (χ0) is 15.4. The Labute approximate surface area is 131 Å². The topological polar surface area (TPSA) is 80.9 Å². The van der Waals surface area contributed by atoms with Crippen LogP contribution in [-0.4, -0.2) is 21.1 Å². The van der Waals surface area contributed by atoms with Gasteiger partial charge in [0.1, 0.15) is 0 Å². The molecule has 0 bridgehead atoms. The molecule has 0 saturated heterocycles. The lowest BCUT2D eigenvalue weighted by atomic mass is 10.1. The van der Waals surface area contributed by atoms with E-state index in [0.29, 0.717) is 23.3 Å². The largest absolute Gasteiger partial charge is 0.421 e. The summed E-state index contributed by atoms with van der Waals surface area (Å²) >= 11 is 1.38. The zero-order valence-electron chi connectivity index (χ0n) is 11.9. The lowest BCUT2D eigenvalue weighted by molar-refractivity contribution is -0.116. The van der Waals surface area contributed by atoms with E-state index in [0.717, 1.165) is 5.56 Å². The molecule has 0 spiro atoms. The van der Waals surface area contributed by atoms with Gasteiger partial charge in [-0.15, -0.1) is 21.5 Å². The van der Waals surface area contributed by atoms with Crippen molar-refractivity contribution in [3.8, 4) is 11.5 Å². The Hall–Kier alpha value is -2.54. The summed E-state index contributed by atoms with van der Waals surface area (Å²) in [6, 6.07) is 7.84. The molecule has 3 aromatic rings. The molecular formula is C15H14N4O2S. The molecule has 0 saturated carbocycles. The number of hydrogen-bond acceptors (Lipinski definition) is 6. The number of rotatable bonds is 5. The number of aromatic nitrogens is 3. The Bertz CT molecular complexity index is 750. The second-order valence-electron chi connectivity index (χ2n) is 4.75. The summed E-state index contributed by atoms with van der Waals surface area (Å²) in [6.07, 6.45) is 2.32. The summed E-state index contributed by atoms with van der Waals surface area (Å²) in [7, 11) is 0. The van der Waals surface area contributed by atoms with Crippen molar-refractivity contribution in [2.75, 3.05) is 5.32 Å². The number of hydrogen-bond donors (Lipinski definition) is 1. The van der Waals surface area contributed by atoms with Crippen LogP contribution in [0.25, 0.3) is 11.5 Å². The van der Waals surface area contributed by atoms with Crippen LogP contribution >= 0.6 is 11.3 Å². The zero-order valence-corrected chi connectivity index (χ0v) is 12.8. The molecule has 0 atom stereocenters. The van der Waals surface area contributed by atoms with Crippen LogP contribution in [0, 0.1) is 6.92 Å². The summed E-state index contributed by atoms with van der Waals surface area (Å²) in [5.41, 5.74) is 2.04. The number of nitrogens with one attached hydrogen (secondary N) is 1. The van der Waals surface area contributed by atoms with Crippen LogP contribution < -0.4 is 5.32 Å². The normalized spacial score (nSPS) is 10.6. The molecule has 2 heterocycles. The molecule has 1 amide bonds. The number of nitrogens with zero attached hydrogens (tertiary/aromatic N) is 3. The van der Waals surface area contributed by atoms with E-state index in [-0.39, 0.29) is 12.3 Å². The molecule has 0 aliphatic heterocycles. The maximum Gasteiger partial charge on any atom is 0.247 e. The van der Waals surface area contributed by atoms with Gasteiger partial charge in [0, 0.05) is 30.0 Å². The second kappa shape index (κ2) is 6.48. The summed E-state index contributed by atoms with van der Waals surface area (Å²) in [6.45, 7) is 2.02. The average Bonchev–Trinajstić information content (AvgIpc) is 3.17. The number of aryl methyl sites for hydroxylation is 2. The van der Waals surface area contributed by atoms with Gasteiger partial charge in [-0.25, -0.2) is 4.98 Å². The van der Waals surface area contributed by atoms with E-state index in [4.69, 9.17) is 4.42 Å². The average molecular weight is 314 g/mol. The number of anilines is 1. The van der Waals surface area contributed by atoms with E-state index in [9.17, 15) is 4.79 Å². The standard InChI is InChI=1S/C15H14N4O2S/c1-10-2-4-11(5-3-10)14-19-18-13(21-14)7-6-12(20)17-15-16-8-9-22-15/h2-5,8-9H,6-7H2,1H3,(H,16,17,20). The number of carbonyl (C=O) groups is 1. The Kier molecular flexibility index (Phi) is 4.24.